The number of fused-ring (bicyclic) bond motifs is 1. The van der Waals surface area contributed by atoms with Crippen molar-refractivity contribution in [1.82, 2.24) is 9.78 Å². The first-order valence-electron chi connectivity index (χ1n) is 8.20. The highest BCUT2D eigenvalue weighted by Gasteiger charge is 2.13. The van der Waals surface area contributed by atoms with E-state index in [4.69, 9.17) is 0 Å². The van der Waals surface area contributed by atoms with Gasteiger partial charge < -0.3 is 5.32 Å². The first-order chi connectivity index (χ1) is 11.8. The second-order valence-electron chi connectivity index (χ2n) is 7.07. The van der Waals surface area contributed by atoms with Gasteiger partial charge in [0.05, 0.1) is 11.6 Å². The van der Waals surface area contributed by atoms with Crippen LogP contribution in [0.15, 0.2) is 59.5 Å². The average molecular weight is 335 g/mol. The molecule has 1 heterocycles. The Morgan fingerprint density at radius 3 is 2.44 bits per heavy atom. The van der Waals surface area contributed by atoms with E-state index >= 15 is 0 Å². The van der Waals surface area contributed by atoms with Crippen LogP contribution in [0, 0.1) is 0 Å². The van der Waals surface area contributed by atoms with E-state index in [1.165, 1.54) is 10.2 Å². The summed E-state index contributed by atoms with van der Waals surface area (Å²) in [5.41, 5.74) is 1.69. The Hall–Kier alpha value is -2.95. The predicted octanol–water partition coefficient (Wildman–Crippen LogP) is 3.33. The Kier molecular flexibility index (Phi) is 4.40. The molecular weight excluding hydrogens is 314 g/mol. The van der Waals surface area contributed by atoms with Gasteiger partial charge in [-0.15, -0.1) is 0 Å². The third kappa shape index (κ3) is 3.76. The van der Waals surface area contributed by atoms with Crippen molar-refractivity contribution in [2.24, 2.45) is 0 Å². The lowest BCUT2D eigenvalue weighted by Gasteiger charge is -2.19. The van der Waals surface area contributed by atoms with E-state index in [2.05, 4.69) is 31.2 Å². The number of carbonyl (C=O) groups is 1. The molecule has 128 valence electrons. The van der Waals surface area contributed by atoms with E-state index in [0.717, 1.165) is 5.39 Å². The molecule has 25 heavy (non-hydrogen) atoms. The highest BCUT2D eigenvalue weighted by Crippen LogP contribution is 2.23. The molecule has 1 aromatic heterocycles. The Labute approximate surface area is 146 Å². The van der Waals surface area contributed by atoms with Crippen molar-refractivity contribution in [2.75, 3.05) is 5.32 Å². The molecule has 0 saturated heterocycles. The Morgan fingerprint density at radius 2 is 1.76 bits per heavy atom. The second-order valence-corrected chi connectivity index (χ2v) is 7.07. The molecular formula is C20H21N3O2. The van der Waals surface area contributed by atoms with Gasteiger partial charge in [0.2, 0.25) is 5.91 Å². The molecule has 0 bridgehead atoms. The zero-order valence-electron chi connectivity index (χ0n) is 14.6. The van der Waals surface area contributed by atoms with Gasteiger partial charge in [0.15, 0.2) is 0 Å². The van der Waals surface area contributed by atoms with Crippen LogP contribution < -0.4 is 10.9 Å². The van der Waals surface area contributed by atoms with E-state index in [1.807, 2.05) is 36.4 Å². The molecule has 0 fully saturated rings. The summed E-state index contributed by atoms with van der Waals surface area (Å²) in [6.45, 7) is 6.29. The smallest absolute Gasteiger partial charge is 0.275 e. The van der Waals surface area contributed by atoms with Crippen LogP contribution in [0.25, 0.3) is 10.8 Å². The molecule has 0 saturated carbocycles. The minimum absolute atomic E-state index is 0.0604. The standard InChI is InChI=1S/C20H21N3O2/c1-20(2,3)15-8-10-16(11-9-15)22-18(24)13-23-19(25)17-7-5-4-6-14(17)12-21-23/h4-12H,13H2,1-3H3,(H,22,24). The van der Waals surface area contributed by atoms with Crippen LogP contribution in [0.4, 0.5) is 5.69 Å². The van der Waals surface area contributed by atoms with Crippen LogP contribution in [0.5, 0.6) is 0 Å². The van der Waals surface area contributed by atoms with Crippen molar-refractivity contribution >= 4 is 22.4 Å². The lowest BCUT2D eigenvalue weighted by atomic mass is 9.87. The summed E-state index contributed by atoms with van der Waals surface area (Å²) in [5, 5.41) is 8.20. The van der Waals surface area contributed by atoms with Gasteiger partial charge in [-0.2, -0.15) is 5.10 Å². The average Bonchev–Trinajstić information content (AvgIpc) is 2.57. The highest BCUT2D eigenvalue weighted by atomic mass is 16.2. The SMILES string of the molecule is CC(C)(C)c1ccc(NC(=O)Cn2ncc3ccccc3c2=O)cc1. The third-order valence-electron chi connectivity index (χ3n) is 4.09. The third-order valence-corrected chi connectivity index (χ3v) is 4.09. The van der Waals surface area contributed by atoms with E-state index in [1.54, 1.807) is 18.3 Å². The first-order valence-corrected chi connectivity index (χ1v) is 8.20. The largest absolute Gasteiger partial charge is 0.324 e. The van der Waals surface area contributed by atoms with Crippen LogP contribution in [-0.4, -0.2) is 15.7 Å². The lowest BCUT2D eigenvalue weighted by molar-refractivity contribution is -0.117. The Balaban J connectivity index is 1.75. The Morgan fingerprint density at radius 1 is 1.08 bits per heavy atom. The number of benzene rings is 2. The van der Waals surface area contributed by atoms with Gasteiger partial charge in [-0.3, -0.25) is 9.59 Å². The van der Waals surface area contributed by atoms with Crippen molar-refractivity contribution in [3.05, 3.63) is 70.6 Å². The van der Waals surface area contributed by atoms with Crippen LogP contribution in [-0.2, 0) is 16.8 Å². The second kappa shape index (κ2) is 6.51. The van der Waals surface area contributed by atoms with Gasteiger partial charge in [-0.1, -0.05) is 51.1 Å². The summed E-state index contributed by atoms with van der Waals surface area (Å²) in [6, 6.07) is 14.9. The summed E-state index contributed by atoms with van der Waals surface area (Å²) in [7, 11) is 0. The number of anilines is 1. The molecule has 0 aliphatic heterocycles. The number of amides is 1. The van der Waals surface area contributed by atoms with Crippen molar-refractivity contribution in [3.8, 4) is 0 Å². The molecule has 2 aromatic carbocycles. The monoisotopic (exact) mass is 335 g/mol. The number of carbonyl (C=O) groups excluding carboxylic acids is 1. The maximum atomic E-state index is 12.4. The molecule has 5 nitrogen and oxygen atoms in total. The van der Waals surface area contributed by atoms with Crippen LogP contribution in [0.3, 0.4) is 0 Å². The number of rotatable bonds is 3. The molecule has 0 radical (unpaired) electrons. The van der Waals surface area contributed by atoms with Crippen molar-refractivity contribution in [1.29, 1.82) is 0 Å². The van der Waals surface area contributed by atoms with Gasteiger partial charge >= 0.3 is 0 Å². The summed E-state index contributed by atoms with van der Waals surface area (Å²) in [6.07, 6.45) is 1.60. The van der Waals surface area contributed by atoms with E-state index < -0.39 is 0 Å². The molecule has 0 spiro atoms. The van der Waals surface area contributed by atoms with Crippen LogP contribution in [0.2, 0.25) is 0 Å². The fourth-order valence-electron chi connectivity index (χ4n) is 2.63. The maximum Gasteiger partial charge on any atom is 0.275 e. The van der Waals surface area contributed by atoms with Gasteiger partial charge in [0.1, 0.15) is 6.54 Å². The summed E-state index contributed by atoms with van der Waals surface area (Å²) < 4.78 is 1.18. The van der Waals surface area contributed by atoms with Gasteiger partial charge in [-0.25, -0.2) is 4.68 Å². The maximum absolute atomic E-state index is 12.4. The summed E-state index contributed by atoms with van der Waals surface area (Å²) in [5.74, 6) is -0.284. The highest BCUT2D eigenvalue weighted by molar-refractivity contribution is 5.90. The molecule has 0 aliphatic carbocycles. The normalized spacial score (nSPS) is 11.5. The molecule has 0 unspecified atom stereocenters. The Bertz CT molecular complexity index is 967. The summed E-state index contributed by atoms with van der Waals surface area (Å²) in [4.78, 5) is 24.6. The van der Waals surface area contributed by atoms with Gasteiger partial charge in [0.25, 0.3) is 5.56 Å². The first kappa shape index (κ1) is 16.9. The molecule has 1 amide bonds. The van der Waals surface area contributed by atoms with E-state index in [-0.39, 0.29) is 23.4 Å². The fourth-order valence-corrected chi connectivity index (χ4v) is 2.63. The predicted molar refractivity (Wildman–Crippen MR) is 99.8 cm³/mol. The number of hydrogen-bond acceptors (Lipinski definition) is 3. The van der Waals surface area contributed by atoms with E-state index in [9.17, 15) is 9.59 Å². The number of nitrogens with zero attached hydrogens (tertiary/aromatic N) is 2. The minimum Gasteiger partial charge on any atom is -0.324 e. The molecule has 1 N–H and O–H groups in total. The van der Waals surface area contributed by atoms with Crippen molar-refractivity contribution < 1.29 is 4.79 Å². The van der Waals surface area contributed by atoms with Crippen molar-refractivity contribution in [3.63, 3.8) is 0 Å². The number of nitrogens with one attached hydrogen (secondary N) is 1. The zero-order chi connectivity index (χ0) is 18.0. The molecule has 0 aliphatic rings. The molecule has 3 rings (SSSR count). The topological polar surface area (TPSA) is 64.0 Å². The quantitative estimate of drug-likeness (QED) is 0.798. The van der Waals surface area contributed by atoms with E-state index in [0.29, 0.717) is 11.1 Å². The minimum atomic E-state index is -0.284. The van der Waals surface area contributed by atoms with Crippen LogP contribution in [0.1, 0.15) is 26.3 Å². The summed E-state index contributed by atoms with van der Waals surface area (Å²) >= 11 is 0. The molecule has 5 heteroatoms. The van der Waals surface area contributed by atoms with Gasteiger partial charge in [-0.05, 0) is 29.2 Å². The molecule has 0 atom stereocenters. The van der Waals surface area contributed by atoms with Crippen LogP contribution >= 0.6 is 0 Å². The lowest BCUT2D eigenvalue weighted by Crippen LogP contribution is -2.29. The van der Waals surface area contributed by atoms with Crippen molar-refractivity contribution in [2.45, 2.75) is 32.7 Å². The number of hydrogen-bond donors (Lipinski definition) is 1. The van der Waals surface area contributed by atoms with Gasteiger partial charge in [0, 0.05) is 11.1 Å². The fraction of sp³-hybridized carbons (Fsp3) is 0.250. The molecule has 3 aromatic rings. The number of aromatic nitrogens is 2. The zero-order valence-corrected chi connectivity index (χ0v) is 14.6.